The number of rotatable bonds is 5. The molecule has 5 nitrogen and oxygen atoms in total. The van der Waals surface area contributed by atoms with Crippen molar-refractivity contribution in [1.29, 1.82) is 0 Å². The van der Waals surface area contributed by atoms with Crippen LogP contribution >= 0.6 is 0 Å². The molecule has 0 fully saturated rings. The van der Waals surface area contributed by atoms with Gasteiger partial charge in [0.05, 0.1) is 13.4 Å². The van der Waals surface area contributed by atoms with Gasteiger partial charge >= 0.3 is 0 Å². The van der Waals surface area contributed by atoms with Crippen molar-refractivity contribution in [2.75, 3.05) is 7.11 Å². The van der Waals surface area contributed by atoms with Crippen LogP contribution < -0.4 is 10.1 Å². The molecule has 1 aliphatic heterocycles. The number of amides is 1. The zero-order valence-corrected chi connectivity index (χ0v) is 13.1. The fourth-order valence-corrected chi connectivity index (χ4v) is 2.48. The lowest BCUT2D eigenvalue weighted by atomic mass is 10.1. The molecule has 0 saturated heterocycles. The number of carbonyl (C=O) groups is 1. The lowest BCUT2D eigenvalue weighted by Crippen LogP contribution is -2.24. The van der Waals surface area contributed by atoms with Crippen LogP contribution in [0.15, 0.2) is 51.7 Å². The minimum absolute atomic E-state index is 0.173. The number of furan rings is 1. The number of amidine groups is 1. The summed E-state index contributed by atoms with van der Waals surface area (Å²) in [5.74, 6) is 2.20. The highest BCUT2D eigenvalue weighted by atomic mass is 16.5. The smallest absolute Gasteiger partial charge is 0.275 e. The fourth-order valence-electron chi connectivity index (χ4n) is 2.48. The van der Waals surface area contributed by atoms with E-state index in [0.29, 0.717) is 24.4 Å². The minimum atomic E-state index is -0.173. The predicted molar refractivity (Wildman–Crippen MR) is 88.3 cm³/mol. The van der Waals surface area contributed by atoms with Gasteiger partial charge in [0.2, 0.25) is 0 Å². The van der Waals surface area contributed by atoms with E-state index in [-0.39, 0.29) is 5.91 Å². The molecule has 3 rings (SSSR count). The average Bonchev–Trinajstić information content (AvgIpc) is 3.16. The molecule has 0 radical (unpaired) electrons. The summed E-state index contributed by atoms with van der Waals surface area (Å²) < 4.78 is 10.5. The molecule has 1 aliphatic rings. The molecule has 1 aromatic heterocycles. The molecule has 0 bridgehead atoms. The van der Waals surface area contributed by atoms with Crippen LogP contribution in [0.4, 0.5) is 0 Å². The molecule has 0 atom stereocenters. The summed E-state index contributed by atoms with van der Waals surface area (Å²) in [4.78, 5) is 16.4. The third-order valence-electron chi connectivity index (χ3n) is 3.66. The van der Waals surface area contributed by atoms with E-state index in [2.05, 4.69) is 10.3 Å². The molecule has 118 valence electrons. The van der Waals surface area contributed by atoms with Gasteiger partial charge in [0, 0.05) is 12.8 Å². The number of ether oxygens (including phenoxy) is 1. The van der Waals surface area contributed by atoms with Crippen LogP contribution in [0.25, 0.3) is 6.08 Å². The maximum Gasteiger partial charge on any atom is 0.275 e. The first kappa shape index (κ1) is 15.1. The van der Waals surface area contributed by atoms with Crippen molar-refractivity contribution in [2.45, 2.75) is 19.8 Å². The van der Waals surface area contributed by atoms with Gasteiger partial charge in [0.15, 0.2) is 0 Å². The second kappa shape index (κ2) is 6.52. The van der Waals surface area contributed by atoms with Gasteiger partial charge in [-0.3, -0.25) is 4.79 Å². The number of carbonyl (C=O) groups excluding carboxylic acids is 1. The van der Waals surface area contributed by atoms with Crippen molar-refractivity contribution in [3.8, 4) is 5.75 Å². The summed E-state index contributed by atoms with van der Waals surface area (Å²) in [7, 11) is 1.64. The van der Waals surface area contributed by atoms with Gasteiger partial charge in [-0.15, -0.1) is 0 Å². The van der Waals surface area contributed by atoms with Gasteiger partial charge in [0.25, 0.3) is 5.91 Å². The number of hydrogen-bond acceptors (Lipinski definition) is 4. The number of aryl methyl sites for hydroxylation is 2. The van der Waals surface area contributed by atoms with Gasteiger partial charge in [-0.1, -0.05) is 6.07 Å². The normalized spacial score (nSPS) is 15.7. The van der Waals surface area contributed by atoms with Crippen LogP contribution in [0.3, 0.4) is 0 Å². The Morgan fingerprint density at radius 3 is 2.87 bits per heavy atom. The van der Waals surface area contributed by atoms with E-state index < -0.39 is 0 Å². The summed E-state index contributed by atoms with van der Waals surface area (Å²) >= 11 is 0. The minimum Gasteiger partial charge on any atom is -0.496 e. The van der Waals surface area contributed by atoms with E-state index in [9.17, 15) is 4.79 Å². The summed E-state index contributed by atoms with van der Waals surface area (Å²) in [6.45, 7) is 1.97. The highest BCUT2D eigenvalue weighted by Crippen LogP contribution is 2.21. The first-order valence-electron chi connectivity index (χ1n) is 7.43. The Balaban J connectivity index is 1.73. The molecule has 1 amide bonds. The summed E-state index contributed by atoms with van der Waals surface area (Å²) in [5.41, 5.74) is 2.36. The van der Waals surface area contributed by atoms with Crippen molar-refractivity contribution in [3.05, 3.63) is 59.2 Å². The Morgan fingerprint density at radius 2 is 2.17 bits per heavy atom. The third kappa shape index (κ3) is 3.51. The fraction of sp³-hybridized carbons (Fsp3) is 0.222. The van der Waals surface area contributed by atoms with E-state index in [4.69, 9.17) is 9.15 Å². The second-order valence-electron chi connectivity index (χ2n) is 5.35. The van der Waals surface area contributed by atoms with Crippen LogP contribution in [0.1, 0.15) is 23.3 Å². The van der Waals surface area contributed by atoms with Gasteiger partial charge in [-0.25, -0.2) is 4.99 Å². The van der Waals surface area contributed by atoms with Crippen LogP contribution in [0, 0.1) is 6.92 Å². The van der Waals surface area contributed by atoms with E-state index >= 15 is 0 Å². The van der Waals surface area contributed by atoms with Gasteiger partial charge in [-0.2, -0.15) is 0 Å². The van der Waals surface area contributed by atoms with Gasteiger partial charge in [0.1, 0.15) is 23.0 Å². The Kier molecular flexibility index (Phi) is 4.28. The van der Waals surface area contributed by atoms with Crippen molar-refractivity contribution in [3.63, 3.8) is 0 Å². The number of benzene rings is 1. The maximum absolute atomic E-state index is 12.0. The van der Waals surface area contributed by atoms with Crippen LogP contribution in [-0.2, 0) is 11.2 Å². The lowest BCUT2D eigenvalue weighted by molar-refractivity contribution is -0.115. The van der Waals surface area contributed by atoms with Crippen molar-refractivity contribution < 1.29 is 13.9 Å². The number of hydrogen-bond donors (Lipinski definition) is 1. The largest absolute Gasteiger partial charge is 0.496 e. The standard InChI is InChI=1S/C18H18N2O3/c1-12-10-13(5-7-16(12)22-2)11-15-18(21)20-17(19-15)8-6-14-4-3-9-23-14/h3-5,7,9-11H,6,8H2,1-2H3,(H,19,20,21)/b15-11+. The van der Waals surface area contributed by atoms with E-state index in [1.165, 1.54) is 0 Å². The number of aliphatic imine (C=N–C) groups is 1. The van der Waals surface area contributed by atoms with Crippen molar-refractivity contribution in [1.82, 2.24) is 5.32 Å². The monoisotopic (exact) mass is 310 g/mol. The first-order chi connectivity index (χ1) is 11.2. The number of methoxy groups -OCH3 is 1. The topological polar surface area (TPSA) is 63.8 Å². The maximum atomic E-state index is 12.0. The van der Waals surface area contributed by atoms with Crippen molar-refractivity contribution >= 4 is 17.8 Å². The Morgan fingerprint density at radius 1 is 1.30 bits per heavy atom. The average molecular weight is 310 g/mol. The van der Waals surface area contributed by atoms with Crippen molar-refractivity contribution in [2.24, 2.45) is 4.99 Å². The highest BCUT2D eigenvalue weighted by molar-refractivity contribution is 6.14. The molecular formula is C18H18N2O3. The molecule has 0 unspecified atom stereocenters. The zero-order valence-electron chi connectivity index (χ0n) is 13.1. The quantitative estimate of drug-likeness (QED) is 0.863. The van der Waals surface area contributed by atoms with E-state index in [1.54, 1.807) is 19.4 Å². The van der Waals surface area contributed by atoms with Crippen LogP contribution in [-0.4, -0.2) is 18.9 Å². The second-order valence-corrected chi connectivity index (χ2v) is 5.35. The number of nitrogens with zero attached hydrogens (tertiary/aromatic N) is 1. The molecule has 0 saturated carbocycles. The molecule has 23 heavy (non-hydrogen) atoms. The predicted octanol–water partition coefficient (Wildman–Crippen LogP) is 3.10. The Bertz CT molecular complexity index is 774. The van der Waals surface area contributed by atoms with Crippen LogP contribution in [0.2, 0.25) is 0 Å². The summed E-state index contributed by atoms with van der Waals surface area (Å²) in [6, 6.07) is 9.52. The molecule has 0 aliphatic carbocycles. The lowest BCUT2D eigenvalue weighted by Gasteiger charge is -2.04. The molecule has 0 spiro atoms. The zero-order chi connectivity index (χ0) is 16.2. The van der Waals surface area contributed by atoms with E-state index in [1.807, 2.05) is 37.3 Å². The molecule has 2 aromatic rings. The number of nitrogens with one attached hydrogen (secondary N) is 1. The first-order valence-corrected chi connectivity index (χ1v) is 7.43. The summed E-state index contributed by atoms with van der Waals surface area (Å²) in [6.07, 6.45) is 4.77. The third-order valence-corrected chi connectivity index (χ3v) is 3.66. The molecule has 5 heteroatoms. The molecule has 1 aromatic carbocycles. The SMILES string of the molecule is COc1ccc(/C=C2/N=C(CCc3ccco3)NC2=O)cc1C. The Labute approximate surface area is 134 Å². The molecular weight excluding hydrogens is 292 g/mol. The van der Waals surface area contributed by atoms with E-state index in [0.717, 1.165) is 22.6 Å². The molecule has 2 heterocycles. The Hall–Kier alpha value is -2.82. The van der Waals surface area contributed by atoms with Crippen LogP contribution in [0.5, 0.6) is 5.75 Å². The van der Waals surface area contributed by atoms with Gasteiger partial charge < -0.3 is 14.5 Å². The highest BCUT2D eigenvalue weighted by Gasteiger charge is 2.19. The van der Waals surface area contributed by atoms with Gasteiger partial charge in [-0.05, 0) is 48.4 Å². The molecule has 1 N–H and O–H groups in total. The summed E-state index contributed by atoms with van der Waals surface area (Å²) in [5, 5.41) is 2.80.